The summed E-state index contributed by atoms with van der Waals surface area (Å²) >= 11 is 3.34. The van der Waals surface area contributed by atoms with Crippen LogP contribution in [0.5, 0.6) is 0 Å². The topological polar surface area (TPSA) is 49.8 Å². The van der Waals surface area contributed by atoms with Crippen molar-refractivity contribution in [1.29, 1.82) is 0 Å². The fourth-order valence-corrected chi connectivity index (χ4v) is 2.00. The summed E-state index contributed by atoms with van der Waals surface area (Å²) in [6.07, 6.45) is -0.0858. The molecule has 0 spiro atoms. The lowest BCUT2D eigenvalue weighted by Crippen LogP contribution is -2.48. The summed E-state index contributed by atoms with van der Waals surface area (Å²) in [7, 11) is 0. The Kier molecular flexibility index (Phi) is 4.00. The van der Waals surface area contributed by atoms with E-state index in [-0.39, 0.29) is 17.0 Å². The standard InChI is InChI=1S/C10H18BrNO3/c1-10(2,3)15-9(14)12-5-4-8(13)7(11)6-12/h7-8,13H,4-6H2,1-3H3/t7-,8+/m0/s1. The Hall–Kier alpha value is -0.290. The van der Waals surface area contributed by atoms with Crippen LogP contribution in [-0.4, -0.2) is 45.7 Å². The lowest BCUT2D eigenvalue weighted by Gasteiger charge is -2.34. The molecule has 1 N–H and O–H groups in total. The van der Waals surface area contributed by atoms with Crippen LogP contribution < -0.4 is 0 Å². The number of hydrogen-bond donors (Lipinski definition) is 1. The molecule has 0 aromatic carbocycles. The Labute approximate surface area is 98.7 Å². The summed E-state index contributed by atoms with van der Waals surface area (Å²) in [5, 5.41) is 9.48. The van der Waals surface area contributed by atoms with Crippen LogP contribution in [0.2, 0.25) is 0 Å². The molecule has 1 fully saturated rings. The van der Waals surface area contributed by atoms with Gasteiger partial charge in [0, 0.05) is 13.1 Å². The van der Waals surface area contributed by atoms with Gasteiger partial charge in [-0.2, -0.15) is 0 Å². The number of likely N-dealkylation sites (tertiary alicyclic amines) is 1. The highest BCUT2D eigenvalue weighted by Crippen LogP contribution is 2.19. The molecule has 2 atom stereocenters. The number of halogens is 1. The maximum Gasteiger partial charge on any atom is 0.410 e. The third-order valence-corrected chi connectivity index (χ3v) is 3.06. The Morgan fingerprint density at radius 2 is 2.13 bits per heavy atom. The molecule has 4 nitrogen and oxygen atoms in total. The smallest absolute Gasteiger partial charge is 0.410 e. The summed E-state index contributed by atoms with van der Waals surface area (Å²) in [6, 6.07) is 0. The van der Waals surface area contributed by atoms with E-state index in [0.717, 1.165) is 0 Å². The number of rotatable bonds is 0. The van der Waals surface area contributed by atoms with E-state index >= 15 is 0 Å². The van der Waals surface area contributed by atoms with E-state index < -0.39 is 5.60 Å². The zero-order valence-corrected chi connectivity index (χ0v) is 11.0. The molecule has 0 unspecified atom stereocenters. The fraction of sp³-hybridized carbons (Fsp3) is 0.900. The number of aliphatic hydroxyl groups excluding tert-OH is 1. The Morgan fingerprint density at radius 3 is 2.60 bits per heavy atom. The Bertz CT molecular complexity index is 239. The molecule has 1 aliphatic rings. The molecule has 0 bridgehead atoms. The van der Waals surface area contributed by atoms with Crippen molar-refractivity contribution in [1.82, 2.24) is 4.90 Å². The van der Waals surface area contributed by atoms with Crippen molar-refractivity contribution in [2.45, 2.75) is 43.7 Å². The molecule has 0 aromatic heterocycles. The quantitative estimate of drug-likeness (QED) is 0.688. The van der Waals surface area contributed by atoms with Gasteiger partial charge in [0.2, 0.25) is 0 Å². The van der Waals surface area contributed by atoms with Crippen molar-refractivity contribution < 1.29 is 14.6 Å². The van der Waals surface area contributed by atoms with Gasteiger partial charge in [-0.05, 0) is 27.2 Å². The van der Waals surface area contributed by atoms with Crippen LogP contribution in [0.1, 0.15) is 27.2 Å². The van der Waals surface area contributed by atoms with Gasteiger partial charge in [0.15, 0.2) is 0 Å². The van der Waals surface area contributed by atoms with E-state index in [9.17, 15) is 9.90 Å². The molecule has 0 aliphatic carbocycles. The first-order valence-corrected chi connectivity index (χ1v) is 6.01. The Morgan fingerprint density at radius 1 is 1.53 bits per heavy atom. The Balaban J connectivity index is 2.48. The van der Waals surface area contributed by atoms with E-state index in [4.69, 9.17) is 4.74 Å². The van der Waals surface area contributed by atoms with Crippen molar-refractivity contribution >= 4 is 22.0 Å². The average molecular weight is 280 g/mol. The number of ether oxygens (including phenoxy) is 1. The van der Waals surface area contributed by atoms with Gasteiger partial charge >= 0.3 is 6.09 Å². The van der Waals surface area contributed by atoms with Gasteiger partial charge in [-0.25, -0.2) is 4.79 Å². The third-order valence-electron chi connectivity index (χ3n) is 2.16. The SMILES string of the molecule is CC(C)(C)OC(=O)N1CC[C@@H](O)[C@@H](Br)C1. The van der Waals surface area contributed by atoms with Gasteiger partial charge in [-0.15, -0.1) is 0 Å². The zero-order valence-electron chi connectivity index (χ0n) is 9.36. The van der Waals surface area contributed by atoms with Crippen LogP contribution in [0.4, 0.5) is 4.79 Å². The van der Waals surface area contributed by atoms with E-state index in [0.29, 0.717) is 19.5 Å². The second-order valence-electron chi connectivity index (χ2n) is 4.80. The van der Waals surface area contributed by atoms with Gasteiger partial charge in [-0.3, -0.25) is 0 Å². The van der Waals surface area contributed by atoms with Crippen molar-refractivity contribution in [3.05, 3.63) is 0 Å². The van der Waals surface area contributed by atoms with E-state index in [1.165, 1.54) is 0 Å². The van der Waals surface area contributed by atoms with Crippen LogP contribution >= 0.6 is 15.9 Å². The summed E-state index contributed by atoms with van der Waals surface area (Å²) in [5.74, 6) is 0. The number of carbonyl (C=O) groups excluding carboxylic acids is 1. The lowest BCUT2D eigenvalue weighted by atomic mass is 10.1. The van der Waals surface area contributed by atoms with Crippen molar-refractivity contribution in [2.24, 2.45) is 0 Å². The van der Waals surface area contributed by atoms with E-state index in [2.05, 4.69) is 15.9 Å². The first kappa shape index (κ1) is 12.8. The molecule has 15 heavy (non-hydrogen) atoms. The minimum Gasteiger partial charge on any atom is -0.444 e. The molecule has 0 radical (unpaired) electrons. The second kappa shape index (κ2) is 4.70. The van der Waals surface area contributed by atoms with E-state index in [1.54, 1.807) is 4.90 Å². The molecular formula is C10H18BrNO3. The highest BCUT2D eigenvalue weighted by atomic mass is 79.9. The van der Waals surface area contributed by atoms with Gasteiger partial charge in [0.1, 0.15) is 5.60 Å². The molecule has 88 valence electrons. The second-order valence-corrected chi connectivity index (χ2v) is 5.97. The fourth-order valence-electron chi connectivity index (χ4n) is 1.38. The third kappa shape index (κ3) is 3.99. The first-order chi connectivity index (χ1) is 6.79. The number of nitrogens with zero attached hydrogens (tertiary/aromatic N) is 1. The van der Waals surface area contributed by atoms with Crippen LogP contribution in [0.3, 0.4) is 0 Å². The number of aliphatic hydroxyl groups is 1. The summed E-state index contributed by atoms with van der Waals surface area (Å²) < 4.78 is 5.25. The molecule has 0 aromatic rings. The molecule has 1 saturated heterocycles. The lowest BCUT2D eigenvalue weighted by molar-refractivity contribution is 0.0120. The minimum absolute atomic E-state index is 0.0567. The summed E-state index contributed by atoms with van der Waals surface area (Å²) in [6.45, 7) is 6.58. The predicted molar refractivity (Wildman–Crippen MR) is 61.1 cm³/mol. The number of alkyl halides is 1. The molecule has 1 rings (SSSR count). The van der Waals surface area contributed by atoms with Crippen LogP contribution in [-0.2, 0) is 4.74 Å². The van der Waals surface area contributed by atoms with E-state index in [1.807, 2.05) is 20.8 Å². The highest BCUT2D eigenvalue weighted by molar-refractivity contribution is 9.09. The van der Waals surface area contributed by atoms with Crippen LogP contribution in [0.15, 0.2) is 0 Å². The molecule has 1 heterocycles. The summed E-state index contributed by atoms with van der Waals surface area (Å²) in [4.78, 5) is 13.2. The molecule has 1 aliphatic heterocycles. The van der Waals surface area contributed by atoms with Gasteiger partial charge in [-0.1, -0.05) is 15.9 Å². The maximum absolute atomic E-state index is 11.7. The molecule has 0 saturated carbocycles. The largest absolute Gasteiger partial charge is 0.444 e. The average Bonchev–Trinajstić information content (AvgIpc) is 2.06. The van der Waals surface area contributed by atoms with Crippen molar-refractivity contribution in [2.75, 3.05) is 13.1 Å². The first-order valence-electron chi connectivity index (χ1n) is 5.09. The normalized spacial score (nSPS) is 27.7. The number of amides is 1. The van der Waals surface area contributed by atoms with Crippen LogP contribution in [0.25, 0.3) is 0 Å². The monoisotopic (exact) mass is 279 g/mol. The molecule has 5 heteroatoms. The predicted octanol–water partition coefficient (Wildman–Crippen LogP) is 1.75. The molecular weight excluding hydrogens is 262 g/mol. The van der Waals surface area contributed by atoms with Crippen molar-refractivity contribution in [3.8, 4) is 0 Å². The summed E-state index contributed by atoms with van der Waals surface area (Å²) in [5.41, 5.74) is -0.463. The van der Waals surface area contributed by atoms with Gasteiger partial charge < -0.3 is 14.7 Å². The van der Waals surface area contributed by atoms with Crippen LogP contribution in [0, 0.1) is 0 Å². The minimum atomic E-state index is -0.463. The zero-order chi connectivity index (χ0) is 11.6. The number of hydrogen-bond acceptors (Lipinski definition) is 3. The number of carbonyl (C=O) groups is 1. The number of piperidine rings is 1. The molecule has 1 amide bonds. The van der Waals surface area contributed by atoms with Gasteiger partial charge in [0.05, 0.1) is 10.9 Å². The highest BCUT2D eigenvalue weighted by Gasteiger charge is 2.30. The van der Waals surface area contributed by atoms with Gasteiger partial charge in [0.25, 0.3) is 0 Å². The van der Waals surface area contributed by atoms with Crippen molar-refractivity contribution in [3.63, 3.8) is 0 Å². The maximum atomic E-state index is 11.7.